The number of unbranched alkanes of at least 4 members (excludes halogenated alkanes) is 11. The Morgan fingerprint density at radius 1 is 0.444 bits per heavy atom. The maximum atomic E-state index is 2.44. The zero-order valence-electron chi connectivity index (χ0n) is 19.7. The molecule has 0 aromatic heterocycles. The molecular weight excluding hydrogens is 324 g/mol. The van der Waals surface area contributed by atoms with E-state index in [-0.39, 0.29) is 0 Å². The zero-order valence-corrected chi connectivity index (χ0v) is 19.7. The van der Waals surface area contributed by atoms with Gasteiger partial charge in [0.2, 0.25) is 0 Å². The third-order valence-corrected chi connectivity index (χ3v) is 6.14. The van der Waals surface area contributed by atoms with Crippen LogP contribution in [0.2, 0.25) is 0 Å². The van der Waals surface area contributed by atoms with Gasteiger partial charge in [-0.2, -0.15) is 0 Å². The summed E-state index contributed by atoms with van der Waals surface area (Å²) >= 11 is 0. The van der Waals surface area contributed by atoms with Crippen molar-refractivity contribution in [2.45, 2.75) is 150 Å². The molecule has 0 heterocycles. The summed E-state index contributed by atoms with van der Waals surface area (Å²) in [5.41, 5.74) is 0. The lowest BCUT2D eigenvalue weighted by atomic mass is 9.97. The molecule has 0 aromatic carbocycles. The topological polar surface area (TPSA) is 0 Å². The van der Waals surface area contributed by atoms with E-state index in [0.717, 1.165) is 11.8 Å². The molecule has 0 aliphatic rings. The van der Waals surface area contributed by atoms with Crippen molar-refractivity contribution in [1.29, 1.82) is 0 Å². The molecule has 162 valence electrons. The lowest BCUT2D eigenvalue weighted by Gasteiger charge is -2.10. The molecule has 27 heavy (non-hydrogen) atoms. The minimum absolute atomic E-state index is 0.911. The highest BCUT2D eigenvalue weighted by atomic mass is 14.1. The summed E-state index contributed by atoms with van der Waals surface area (Å²) in [5.74, 6) is 1.87. The smallest absolute Gasteiger partial charge is 0.0348 e. The van der Waals surface area contributed by atoms with E-state index in [1.807, 2.05) is 0 Å². The molecule has 0 radical (unpaired) electrons. The van der Waals surface area contributed by atoms with Crippen molar-refractivity contribution >= 4 is 0 Å². The summed E-state index contributed by atoms with van der Waals surface area (Å²) in [6, 6.07) is 0. The molecule has 0 aliphatic carbocycles. The third-order valence-electron chi connectivity index (χ3n) is 6.14. The molecule has 0 bridgehead atoms. The molecule has 0 fully saturated rings. The minimum atomic E-state index is 0.911. The molecule has 0 aliphatic heterocycles. The van der Waals surface area contributed by atoms with Crippen LogP contribution in [-0.4, -0.2) is 0 Å². The standard InChI is InChI=1S/C27H54/c1-5-7-23-27(4)25-21-19-17-15-13-11-9-8-10-12-14-16-18-20-24-26(3)22-6-2/h16,18,26-27H,5-15,17,19-25H2,1-4H3. The van der Waals surface area contributed by atoms with Gasteiger partial charge in [0.15, 0.2) is 0 Å². The SMILES string of the molecule is CCCCC(C)CCCCCCCCCCCCC=CCCC(C)CCC. The average molecular weight is 379 g/mol. The predicted molar refractivity (Wildman–Crippen MR) is 127 cm³/mol. The second kappa shape index (κ2) is 22.0. The van der Waals surface area contributed by atoms with Crippen LogP contribution >= 0.6 is 0 Å². The molecule has 2 unspecified atom stereocenters. The molecule has 0 rings (SSSR count). The highest BCUT2D eigenvalue weighted by molar-refractivity contribution is 4.81. The van der Waals surface area contributed by atoms with Crippen molar-refractivity contribution in [2.75, 3.05) is 0 Å². The van der Waals surface area contributed by atoms with Gasteiger partial charge in [-0.05, 0) is 37.5 Å². The van der Waals surface area contributed by atoms with Crippen LogP contribution in [0.25, 0.3) is 0 Å². The molecule has 0 saturated carbocycles. The van der Waals surface area contributed by atoms with Crippen LogP contribution in [0.3, 0.4) is 0 Å². The Morgan fingerprint density at radius 3 is 1.52 bits per heavy atom. The van der Waals surface area contributed by atoms with Crippen LogP contribution in [0.1, 0.15) is 150 Å². The first-order valence-corrected chi connectivity index (χ1v) is 12.9. The number of rotatable bonds is 21. The third kappa shape index (κ3) is 21.9. The van der Waals surface area contributed by atoms with Gasteiger partial charge in [0, 0.05) is 0 Å². The Balaban J connectivity index is 3.16. The van der Waals surface area contributed by atoms with Gasteiger partial charge in [0.05, 0.1) is 0 Å². The normalized spacial score (nSPS) is 14.1. The second-order valence-electron chi connectivity index (χ2n) is 9.30. The second-order valence-corrected chi connectivity index (χ2v) is 9.30. The van der Waals surface area contributed by atoms with Gasteiger partial charge in [0.1, 0.15) is 0 Å². The van der Waals surface area contributed by atoms with Gasteiger partial charge in [-0.15, -0.1) is 0 Å². The van der Waals surface area contributed by atoms with Crippen molar-refractivity contribution < 1.29 is 0 Å². The van der Waals surface area contributed by atoms with Crippen LogP contribution in [-0.2, 0) is 0 Å². The summed E-state index contributed by atoms with van der Waals surface area (Å²) in [6.07, 6.45) is 31.9. The highest BCUT2D eigenvalue weighted by Crippen LogP contribution is 2.17. The van der Waals surface area contributed by atoms with Gasteiger partial charge in [0.25, 0.3) is 0 Å². The van der Waals surface area contributed by atoms with Gasteiger partial charge < -0.3 is 0 Å². The van der Waals surface area contributed by atoms with E-state index in [1.54, 1.807) is 0 Å². The largest absolute Gasteiger partial charge is 0.0885 e. The van der Waals surface area contributed by atoms with E-state index in [9.17, 15) is 0 Å². The highest BCUT2D eigenvalue weighted by Gasteiger charge is 2.01. The molecule has 0 heteroatoms. The molecule has 0 aromatic rings. The van der Waals surface area contributed by atoms with Gasteiger partial charge in [-0.1, -0.05) is 136 Å². The Kier molecular flexibility index (Phi) is 21.8. The van der Waals surface area contributed by atoms with E-state index in [1.165, 1.54) is 122 Å². The average Bonchev–Trinajstić information content (AvgIpc) is 2.66. The molecule has 0 N–H and O–H groups in total. The quantitative estimate of drug-likeness (QED) is 0.138. The van der Waals surface area contributed by atoms with Crippen molar-refractivity contribution in [2.24, 2.45) is 11.8 Å². The van der Waals surface area contributed by atoms with E-state index >= 15 is 0 Å². The van der Waals surface area contributed by atoms with Crippen molar-refractivity contribution in [3.05, 3.63) is 12.2 Å². The molecule has 2 atom stereocenters. The van der Waals surface area contributed by atoms with Gasteiger partial charge >= 0.3 is 0 Å². The Morgan fingerprint density at radius 2 is 0.926 bits per heavy atom. The van der Waals surface area contributed by atoms with Gasteiger partial charge in [-0.3, -0.25) is 0 Å². The summed E-state index contributed by atoms with van der Waals surface area (Å²) < 4.78 is 0. The van der Waals surface area contributed by atoms with Crippen LogP contribution in [0, 0.1) is 11.8 Å². The van der Waals surface area contributed by atoms with Crippen molar-refractivity contribution in [1.82, 2.24) is 0 Å². The minimum Gasteiger partial charge on any atom is -0.0885 e. The number of allylic oxidation sites excluding steroid dienone is 2. The van der Waals surface area contributed by atoms with Crippen LogP contribution < -0.4 is 0 Å². The fourth-order valence-corrected chi connectivity index (χ4v) is 4.12. The fraction of sp³-hybridized carbons (Fsp3) is 0.926. The number of hydrogen-bond acceptors (Lipinski definition) is 0. The maximum Gasteiger partial charge on any atom is -0.0348 e. The van der Waals surface area contributed by atoms with E-state index < -0.39 is 0 Å². The first-order valence-electron chi connectivity index (χ1n) is 12.9. The number of hydrogen-bond donors (Lipinski definition) is 0. The van der Waals surface area contributed by atoms with E-state index in [2.05, 4.69) is 39.8 Å². The summed E-state index contributed by atoms with van der Waals surface area (Å²) in [4.78, 5) is 0. The van der Waals surface area contributed by atoms with Crippen molar-refractivity contribution in [3.8, 4) is 0 Å². The lowest BCUT2D eigenvalue weighted by molar-refractivity contribution is 0.440. The molecule has 0 spiro atoms. The first kappa shape index (κ1) is 26.7. The summed E-state index contributed by atoms with van der Waals surface area (Å²) in [6.45, 7) is 9.44. The first-order chi connectivity index (χ1) is 13.2. The Hall–Kier alpha value is -0.260. The van der Waals surface area contributed by atoms with E-state index in [4.69, 9.17) is 0 Å². The lowest BCUT2D eigenvalue weighted by Crippen LogP contribution is -1.94. The van der Waals surface area contributed by atoms with Gasteiger partial charge in [-0.25, -0.2) is 0 Å². The zero-order chi connectivity index (χ0) is 20.0. The van der Waals surface area contributed by atoms with Crippen LogP contribution in [0.5, 0.6) is 0 Å². The monoisotopic (exact) mass is 378 g/mol. The Labute approximate surface area is 174 Å². The molecule has 0 amide bonds. The predicted octanol–water partition coefficient (Wildman–Crippen LogP) is 10.3. The summed E-state index contributed by atoms with van der Waals surface area (Å²) in [5, 5.41) is 0. The van der Waals surface area contributed by atoms with Crippen LogP contribution in [0.4, 0.5) is 0 Å². The maximum absolute atomic E-state index is 2.44. The van der Waals surface area contributed by atoms with E-state index in [0.29, 0.717) is 0 Å². The Bertz CT molecular complexity index is 290. The van der Waals surface area contributed by atoms with Crippen molar-refractivity contribution in [3.63, 3.8) is 0 Å². The molecular formula is C27H54. The fourth-order valence-electron chi connectivity index (χ4n) is 4.12. The molecule has 0 nitrogen and oxygen atoms in total. The van der Waals surface area contributed by atoms with Crippen LogP contribution in [0.15, 0.2) is 12.2 Å². The molecule has 0 saturated heterocycles. The summed E-state index contributed by atoms with van der Waals surface area (Å²) in [7, 11) is 0.